The zero-order chi connectivity index (χ0) is 12.4. The first-order valence-electron chi connectivity index (χ1n) is 5.73. The highest BCUT2D eigenvalue weighted by molar-refractivity contribution is 6.03. The standard InChI is InChI=1S/C13H15NO3/c1-8(13(16)17)12(15)14-11-6-5-9-3-2-4-10(9)7-11/h5-8H,2-4H2,1H3,(H,14,15)(H,16,17). The van der Waals surface area contributed by atoms with Gasteiger partial charge in [-0.3, -0.25) is 9.59 Å². The van der Waals surface area contributed by atoms with Crippen molar-refractivity contribution in [2.75, 3.05) is 5.32 Å². The molecule has 2 rings (SSSR count). The van der Waals surface area contributed by atoms with Gasteiger partial charge in [0.15, 0.2) is 0 Å². The Morgan fingerprint density at radius 1 is 1.29 bits per heavy atom. The lowest BCUT2D eigenvalue weighted by Gasteiger charge is -2.09. The zero-order valence-electron chi connectivity index (χ0n) is 9.69. The Kier molecular flexibility index (Phi) is 3.13. The van der Waals surface area contributed by atoms with Crippen LogP contribution in [0.15, 0.2) is 18.2 Å². The van der Waals surface area contributed by atoms with E-state index in [1.54, 1.807) is 0 Å². The van der Waals surface area contributed by atoms with Gasteiger partial charge in [-0.2, -0.15) is 0 Å². The maximum Gasteiger partial charge on any atom is 0.315 e. The minimum Gasteiger partial charge on any atom is -0.481 e. The first kappa shape index (κ1) is 11.6. The van der Waals surface area contributed by atoms with Crippen LogP contribution < -0.4 is 5.32 Å². The van der Waals surface area contributed by atoms with Crippen molar-refractivity contribution < 1.29 is 14.7 Å². The largest absolute Gasteiger partial charge is 0.481 e. The molecule has 2 N–H and O–H groups in total. The van der Waals surface area contributed by atoms with Gasteiger partial charge in [-0.1, -0.05) is 6.07 Å². The first-order chi connectivity index (χ1) is 8.08. The second-order valence-corrected chi connectivity index (χ2v) is 4.39. The summed E-state index contributed by atoms with van der Waals surface area (Å²) in [5, 5.41) is 11.4. The summed E-state index contributed by atoms with van der Waals surface area (Å²) in [6.07, 6.45) is 3.28. The summed E-state index contributed by atoms with van der Waals surface area (Å²) in [4.78, 5) is 22.2. The Balaban J connectivity index is 2.09. The Morgan fingerprint density at radius 2 is 2.00 bits per heavy atom. The number of aryl methyl sites for hydroxylation is 2. The molecule has 17 heavy (non-hydrogen) atoms. The van der Waals surface area contributed by atoms with Crippen LogP contribution in [0, 0.1) is 5.92 Å². The van der Waals surface area contributed by atoms with Crippen molar-refractivity contribution in [1.82, 2.24) is 0 Å². The molecule has 1 aliphatic rings. The Morgan fingerprint density at radius 3 is 2.71 bits per heavy atom. The molecule has 1 aliphatic carbocycles. The molecule has 0 radical (unpaired) electrons. The van der Waals surface area contributed by atoms with Crippen molar-refractivity contribution in [2.45, 2.75) is 26.2 Å². The highest BCUT2D eigenvalue weighted by atomic mass is 16.4. The van der Waals surface area contributed by atoms with Crippen LogP contribution in [0.25, 0.3) is 0 Å². The summed E-state index contributed by atoms with van der Waals surface area (Å²) < 4.78 is 0. The van der Waals surface area contributed by atoms with Crippen molar-refractivity contribution in [3.63, 3.8) is 0 Å². The third-order valence-corrected chi connectivity index (χ3v) is 3.13. The number of amides is 1. The van der Waals surface area contributed by atoms with Gasteiger partial charge in [0.05, 0.1) is 0 Å². The number of hydrogen-bond acceptors (Lipinski definition) is 2. The molecule has 0 bridgehead atoms. The Hall–Kier alpha value is -1.84. The van der Waals surface area contributed by atoms with E-state index in [-0.39, 0.29) is 0 Å². The summed E-state index contributed by atoms with van der Waals surface area (Å²) in [6, 6.07) is 5.77. The molecule has 1 unspecified atom stereocenters. The van der Waals surface area contributed by atoms with Crippen molar-refractivity contribution >= 4 is 17.6 Å². The number of benzene rings is 1. The molecule has 0 saturated carbocycles. The average molecular weight is 233 g/mol. The van der Waals surface area contributed by atoms with E-state index < -0.39 is 17.8 Å². The molecule has 0 spiro atoms. The van der Waals surface area contributed by atoms with Crippen molar-refractivity contribution in [2.24, 2.45) is 5.92 Å². The second kappa shape index (κ2) is 4.57. The van der Waals surface area contributed by atoms with E-state index in [0.717, 1.165) is 19.3 Å². The number of rotatable bonds is 3. The number of aliphatic carboxylic acids is 1. The van der Waals surface area contributed by atoms with Gasteiger partial charge >= 0.3 is 5.97 Å². The van der Waals surface area contributed by atoms with E-state index in [2.05, 4.69) is 5.32 Å². The van der Waals surface area contributed by atoms with Crippen LogP contribution in [0.4, 0.5) is 5.69 Å². The predicted octanol–water partition coefficient (Wildman–Crippen LogP) is 1.83. The quantitative estimate of drug-likeness (QED) is 0.783. The molecule has 1 aromatic carbocycles. The molecule has 0 aliphatic heterocycles. The van der Waals surface area contributed by atoms with Crippen LogP contribution in [0.3, 0.4) is 0 Å². The highest BCUT2D eigenvalue weighted by Gasteiger charge is 2.21. The lowest BCUT2D eigenvalue weighted by atomic mass is 10.1. The molecule has 4 nitrogen and oxygen atoms in total. The number of anilines is 1. The molecule has 4 heteroatoms. The zero-order valence-corrected chi connectivity index (χ0v) is 9.69. The number of fused-ring (bicyclic) bond motifs is 1. The number of hydrogen-bond donors (Lipinski definition) is 2. The van der Waals surface area contributed by atoms with Crippen LogP contribution in [-0.2, 0) is 22.4 Å². The third kappa shape index (κ3) is 2.46. The van der Waals surface area contributed by atoms with Crippen LogP contribution in [-0.4, -0.2) is 17.0 Å². The summed E-state index contributed by atoms with van der Waals surface area (Å²) in [6.45, 7) is 1.38. The molecule has 90 valence electrons. The van der Waals surface area contributed by atoms with Gasteiger partial charge in [0, 0.05) is 5.69 Å². The van der Waals surface area contributed by atoms with Crippen molar-refractivity contribution in [3.8, 4) is 0 Å². The van der Waals surface area contributed by atoms with E-state index in [4.69, 9.17) is 5.11 Å². The van der Waals surface area contributed by atoms with Crippen molar-refractivity contribution in [1.29, 1.82) is 0 Å². The van der Waals surface area contributed by atoms with E-state index in [1.165, 1.54) is 18.1 Å². The fourth-order valence-electron chi connectivity index (χ4n) is 2.01. The number of carboxylic acids is 1. The fraction of sp³-hybridized carbons (Fsp3) is 0.385. The molecule has 0 aromatic heterocycles. The molecule has 0 heterocycles. The summed E-state index contributed by atoms with van der Waals surface area (Å²) in [7, 11) is 0. The molecule has 0 fully saturated rings. The molecule has 1 aromatic rings. The van der Waals surface area contributed by atoms with Crippen LogP contribution in [0.2, 0.25) is 0 Å². The van der Waals surface area contributed by atoms with E-state index in [0.29, 0.717) is 5.69 Å². The minimum atomic E-state index is -1.11. The number of nitrogens with one attached hydrogen (secondary N) is 1. The Labute approximate surface area is 99.6 Å². The lowest BCUT2D eigenvalue weighted by Crippen LogP contribution is -2.26. The monoisotopic (exact) mass is 233 g/mol. The van der Waals surface area contributed by atoms with Gasteiger partial charge in [0.1, 0.15) is 5.92 Å². The van der Waals surface area contributed by atoms with Crippen LogP contribution >= 0.6 is 0 Å². The van der Waals surface area contributed by atoms with Crippen LogP contribution in [0.1, 0.15) is 24.5 Å². The lowest BCUT2D eigenvalue weighted by molar-refractivity contribution is -0.144. The molecular formula is C13H15NO3. The average Bonchev–Trinajstić information content (AvgIpc) is 2.74. The van der Waals surface area contributed by atoms with Gasteiger partial charge in [-0.25, -0.2) is 0 Å². The summed E-state index contributed by atoms with van der Waals surface area (Å²) in [5.74, 6) is -2.61. The van der Waals surface area contributed by atoms with Crippen molar-refractivity contribution in [3.05, 3.63) is 29.3 Å². The van der Waals surface area contributed by atoms with E-state index >= 15 is 0 Å². The number of carbonyl (C=O) groups excluding carboxylic acids is 1. The molecule has 1 amide bonds. The van der Waals surface area contributed by atoms with Crippen LogP contribution in [0.5, 0.6) is 0 Å². The summed E-state index contributed by atoms with van der Waals surface area (Å²) >= 11 is 0. The molecular weight excluding hydrogens is 218 g/mol. The number of carbonyl (C=O) groups is 2. The molecule has 0 saturated heterocycles. The highest BCUT2D eigenvalue weighted by Crippen LogP contribution is 2.25. The van der Waals surface area contributed by atoms with Gasteiger partial charge in [-0.15, -0.1) is 0 Å². The maximum absolute atomic E-state index is 11.6. The van der Waals surface area contributed by atoms with Gasteiger partial charge < -0.3 is 10.4 Å². The maximum atomic E-state index is 11.6. The third-order valence-electron chi connectivity index (χ3n) is 3.13. The smallest absolute Gasteiger partial charge is 0.315 e. The van der Waals surface area contributed by atoms with E-state index in [9.17, 15) is 9.59 Å². The predicted molar refractivity (Wildman–Crippen MR) is 63.9 cm³/mol. The van der Waals surface area contributed by atoms with Gasteiger partial charge in [0.25, 0.3) is 0 Å². The fourth-order valence-corrected chi connectivity index (χ4v) is 2.01. The second-order valence-electron chi connectivity index (χ2n) is 4.39. The first-order valence-corrected chi connectivity index (χ1v) is 5.73. The minimum absolute atomic E-state index is 0.476. The topological polar surface area (TPSA) is 66.4 Å². The Bertz CT molecular complexity index is 468. The molecule has 1 atom stereocenters. The summed E-state index contributed by atoms with van der Waals surface area (Å²) in [5.41, 5.74) is 3.27. The van der Waals surface area contributed by atoms with Gasteiger partial charge in [-0.05, 0) is 49.4 Å². The SMILES string of the molecule is CC(C(=O)O)C(=O)Nc1ccc2c(c1)CCC2. The van der Waals surface area contributed by atoms with Gasteiger partial charge in [0.2, 0.25) is 5.91 Å². The normalized spacial score (nSPS) is 15.1. The number of carboxylic acid groups (broad SMARTS) is 1. The van der Waals surface area contributed by atoms with E-state index in [1.807, 2.05) is 18.2 Å².